The van der Waals surface area contributed by atoms with Crippen LogP contribution >= 0.6 is 11.6 Å². The Kier molecular flexibility index (Phi) is 4.15. The fourth-order valence-electron chi connectivity index (χ4n) is 3.24. The first-order valence-corrected chi connectivity index (χ1v) is 7.66. The maximum Gasteiger partial charge on any atom is 0.197 e. The molecule has 0 amide bonds. The average molecular weight is 333 g/mol. The molecule has 0 saturated heterocycles. The van der Waals surface area contributed by atoms with Gasteiger partial charge >= 0.3 is 0 Å². The number of ether oxygens (including phenoxy) is 1. The third kappa shape index (κ3) is 2.43. The second-order valence-electron chi connectivity index (χ2n) is 5.69. The van der Waals surface area contributed by atoms with Gasteiger partial charge in [-0.05, 0) is 41.7 Å². The number of carbonyl (C=O) groups excluding carboxylic acids is 1. The molecular formula is C18H17ClO4. The number of carbonyl (C=O) groups is 1. The average Bonchev–Trinajstić information content (AvgIpc) is 2.53. The van der Waals surface area contributed by atoms with Gasteiger partial charge in [-0.2, -0.15) is 0 Å². The van der Waals surface area contributed by atoms with E-state index < -0.39 is 0 Å². The van der Waals surface area contributed by atoms with E-state index in [4.69, 9.17) is 16.3 Å². The van der Waals surface area contributed by atoms with Gasteiger partial charge in [-0.3, -0.25) is 4.79 Å². The molecule has 0 spiro atoms. The molecule has 0 fully saturated rings. The summed E-state index contributed by atoms with van der Waals surface area (Å²) in [6, 6.07) is 5.53. The molecule has 0 radical (unpaired) electrons. The summed E-state index contributed by atoms with van der Waals surface area (Å²) in [6.07, 6.45) is 0.533. The van der Waals surface area contributed by atoms with E-state index in [1.165, 1.54) is 7.11 Å². The predicted molar refractivity (Wildman–Crippen MR) is 87.3 cm³/mol. The molecule has 0 saturated carbocycles. The van der Waals surface area contributed by atoms with Crippen molar-refractivity contribution in [2.24, 2.45) is 0 Å². The summed E-state index contributed by atoms with van der Waals surface area (Å²) in [6.45, 7) is 1.35. The Morgan fingerprint density at radius 2 is 1.83 bits per heavy atom. The van der Waals surface area contributed by atoms with Crippen LogP contribution in [0.3, 0.4) is 0 Å². The summed E-state index contributed by atoms with van der Waals surface area (Å²) < 4.78 is 5.37. The summed E-state index contributed by atoms with van der Waals surface area (Å²) in [5.41, 5.74) is 4.49. The molecule has 2 aromatic carbocycles. The Balaban J connectivity index is 2.29. The molecule has 0 heterocycles. The van der Waals surface area contributed by atoms with Gasteiger partial charge in [0.15, 0.2) is 5.78 Å². The molecular weight excluding hydrogens is 316 g/mol. The van der Waals surface area contributed by atoms with E-state index in [-0.39, 0.29) is 24.0 Å². The van der Waals surface area contributed by atoms with Crippen LogP contribution in [0, 0.1) is 6.92 Å². The predicted octanol–water partition coefficient (Wildman–Crippen LogP) is 2.78. The van der Waals surface area contributed by atoms with Crippen LogP contribution in [0.25, 0.3) is 0 Å². The number of rotatable bonds is 3. The summed E-state index contributed by atoms with van der Waals surface area (Å²) >= 11 is 6.23. The van der Waals surface area contributed by atoms with Gasteiger partial charge < -0.3 is 14.9 Å². The summed E-state index contributed by atoms with van der Waals surface area (Å²) in [7, 11) is 1.53. The van der Waals surface area contributed by atoms with E-state index in [2.05, 4.69) is 0 Å². The quantitative estimate of drug-likeness (QED) is 0.774. The van der Waals surface area contributed by atoms with E-state index >= 15 is 0 Å². The monoisotopic (exact) mass is 332 g/mol. The number of methoxy groups -OCH3 is 1. The van der Waals surface area contributed by atoms with E-state index in [0.29, 0.717) is 34.4 Å². The molecule has 1 aliphatic rings. The fourth-order valence-corrected chi connectivity index (χ4v) is 3.51. The number of aliphatic hydroxyl groups excluding tert-OH is 2. The molecule has 0 aliphatic heterocycles. The zero-order valence-electron chi connectivity index (χ0n) is 12.9. The lowest BCUT2D eigenvalue weighted by atomic mass is 9.80. The van der Waals surface area contributed by atoms with Crippen molar-refractivity contribution in [3.05, 3.63) is 62.2 Å². The molecule has 0 atom stereocenters. The van der Waals surface area contributed by atoms with E-state index in [1.807, 2.05) is 19.1 Å². The lowest BCUT2D eigenvalue weighted by Crippen LogP contribution is -2.20. The Labute approximate surface area is 139 Å². The molecule has 1 aliphatic carbocycles. The van der Waals surface area contributed by atoms with Crippen molar-refractivity contribution in [2.75, 3.05) is 7.11 Å². The topological polar surface area (TPSA) is 66.8 Å². The number of fused-ring (bicyclic) bond motifs is 2. The standard InChI is InChI=1S/C18H17ClO4/c1-9-3-10-5-11-6-12(7-20)17(19)13(8-21)15(11)18(22)16(10)14(4-9)23-2/h3-4,6,20-21H,5,7-8H2,1-2H3. The largest absolute Gasteiger partial charge is 0.496 e. The normalized spacial score (nSPS) is 12.8. The maximum absolute atomic E-state index is 13.0. The molecule has 2 aromatic rings. The van der Waals surface area contributed by atoms with Gasteiger partial charge in [-0.1, -0.05) is 23.7 Å². The van der Waals surface area contributed by atoms with Gasteiger partial charge in [0.05, 0.1) is 30.9 Å². The highest BCUT2D eigenvalue weighted by Crippen LogP contribution is 2.38. The lowest BCUT2D eigenvalue weighted by Gasteiger charge is -2.24. The van der Waals surface area contributed by atoms with Crippen LogP contribution in [0.2, 0.25) is 5.02 Å². The number of ketones is 1. The highest BCUT2D eigenvalue weighted by atomic mass is 35.5. The van der Waals surface area contributed by atoms with Gasteiger partial charge in [0, 0.05) is 11.1 Å². The van der Waals surface area contributed by atoms with Gasteiger partial charge in [0.25, 0.3) is 0 Å². The Bertz CT molecular complexity index is 811. The Morgan fingerprint density at radius 3 is 2.43 bits per heavy atom. The Hall–Kier alpha value is -1.88. The molecule has 0 unspecified atom stereocenters. The first-order chi connectivity index (χ1) is 11.0. The van der Waals surface area contributed by atoms with Crippen LogP contribution in [0.1, 0.15) is 43.7 Å². The van der Waals surface area contributed by atoms with Crippen molar-refractivity contribution < 1.29 is 19.7 Å². The van der Waals surface area contributed by atoms with Crippen molar-refractivity contribution in [1.29, 1.82) is 0 Å². The molecule has 2 N–H and O–H groups in total. The third-order valence-electron chi connectivity index (χ3n) is 4.23. The van der Waals surface area contributed by atoms with Crippen molar-refractivity contribution in [2.45, 2.75) is 26.6 Å². The van der Waals surface area contributed by atoms with Crippen LogP contribution in [0.15, 0.2) is 18.2 Å². The van der Waals surface area contributed by atoms with Crippen LogP contribution < -0.4 is 4.74 Å². The minimum atomic E-state index is -0.357. The highest BCUT2D eigenvalue weighted by molar-refractivity contribution is 6.33. The number of benzene rings is 2. The number of hydrogen-bond acceptors (Lipinski definition) is 4. The summed E-state index contributed by atoms with van der Waals surface area (Å²) in [4.78, 5) is 13.0. The smallest absolute Gasteiger partial charge is 0.197 e. The number of halogens is 1. The highest BCUT2D eigenvalue weighted by Gasteiger charge is 2.31. The minimum Gasteiger partial charge on any atom is -0.496 e. The van der Waals surface area contributed by atoms with Crippen molar-refractivity contribution in [3.8, 4) is 5.75 Å². The summed E-state index contributed by atoms with van der Waals surface area (Å²) in [5, 5.41) is 19.4. The molecule has 3 rings (SSSR count). The maximum atomic E-state index is 13.0. The van der Waals surface area contributed by atoms with Gasteiger partial charge in [-0.15, -0.1) is 0 Å². The molecule has 5 heteroatoms. The van der Waals surface area contributed by atoms with Gasteiger partial charge in [0.1, 0.15) is 5.75 Å². The van der Waals surface area contributed by atoms with Crippen LogP contribution in [-0.2, 0) is 19.6 Å². The number of hydrogen-bond donors (Lipinski definition) is 2. The number of aryl methyl sites for hydroxylation is 1. The van der Waals surface area contributed by atoms with Crippen LogP contribution in [0.5, 0.6) is 5.75 Å². The van der Waals surface area contributed by atoms with E-state index in [9.17, 15) is 15.0 Å². The molecule has 0 aromatic heterocycles. The molecule has 23 heavy (non-hydrogen) atoms. The second-order valence-corrected chi connectivity index (χ2v) is 6.06. The molecule has 0 bridgehead atoms. The van der Waals surface area contributed by atoms with Crippen molar-refractivity contribution >= 4 is 17.4 Å². The third-order valence-corrected chi connectivity index (χ3v) is 4.70. The SMILES string of the molecule is COc1cc(C)cc2c1C(=O)c1c(cc(CO)c(Cl)c1CO)C2. The zero-order valence-corrected chi connectivity index (χ0v) is 13.7. The van der Waals surface area contributed by atoms with E-state index in [0.717, 1.165) is 16.7 Å². The Morgan fingerprint density at radius 1 is 1.13 bits per heavy atom. The van der Waals surface area contributed by atoms with E-state index in [1.54, 1.807) is 6.07 Å². The molecule has 120 valence electrons. The fraction of sp³-hybridized carbons (Fsp3) is 0.278. The number of aliphatic hydroxyl groups is 2. The van der Waals surface area contributed by atoms with Gasteiger partial charge in [0.2, 0.25) is 0 Å². The van der Waals surface area contributed by atoms with Crippen molar-refractivity contribution in [3.63, 3.8) is 0 Å². The molecule has 4 nitrogen and oxygen atoms in total. The minimum absolute atomic E-state index is 0.200. The summed E-state index contributed by atoms with van der Waals surface area (Å²) in [5.74, 6) is 0.329. The van der Waals surface area contributed by atoms with Crippen molar-refractivity contribution in [1.82, 2.24) is 0 Å². The lowest BCUT2D eigenvalue weighted by molar-refractivity contribution is 0.102. The van der Waals surface area contributed by atoms with Gasteiger partial charge in [-0.25, -0.2) is 0 Å². The zero-order chi connectivity index (χ0) is 16.7. The van der Waals surface area contributed by atoms with Crippen LogP contribution in [-0.4, -0.2) is 23.1 Å². The first kappa shape index (κ1) is 16.0. The second kappa shape index (κ2) is 5.96. The first-order valence-electron chi connectivity index (χ1n) is 7.28. The van der Waals surface area contributed by atoms with Crippen LogP contribution in [0.4, 0.5) is 0 Å².